The molecule has 0 spiro atoms. The summed E-state index contributed by atoms with van der Waals surface area (Å²) in [5.41, 5.74) is 1.95. The smallest absolute Gasteiger partial charge is 0.418 e. The molecule has 0 aliphatic carbocycles. The minimum absolute atomic E-state index is 0.633. The van der Waals surface area contributed by atoms with E-state index in [1.807, 2.05) is 66.9 Å². The molecule has 0 aliphatic rings. The minimum atomic E-state index is -6.00. The van der Waals surface area contributed by atoms with Crippen LogP contribution in [0.1, 0.15) is 0 Å². The first kappa shape index (κ1) is 18.9. The molecule has 0 amide bonds. The third-order valence-electron chi connectivity index (χ3n) is 2.49. The van der Waals surface area contributed by atoms with Crippen LogP contribution in [-0.2, 0) is 0 Å². The summed E-state index contributed by atoms with van der Waals surface area (Å²) in [5, 5.41) is 7.26. The van der Waals surface area contributed by atoms with E-state index in [-0.39, 0.29) is 0 Å². The molecule has 6 nitrogen and oxygen atoms in total. The molecular formula is C12H19BF4N6. The quantitative estimate of drug-likeness (QED) is 0.297. The van der Waals surface area contributed by atoms with Gasteiger partial charge in [-0.1, -0.05) is 17.2 Å². The van der Waals surface area contributed by atoms with Gasteiger partial charge in [0.25, 0.3) is 0 Å². The molecule has 1 N–H and O–H groups in total. The summed E-state index contributed by atoms with van der Waals surface area (Å²) >= 11 is 0. The molecule has 2 aromatic rings. The Bertz CT molecular complexity index is 646. The average Bonchev–Trinajstić information content (AvgIpc) is 2.80. The lowest BCUT2D eigenvalue weighted by molar-refractivity contribution is -0.604. The standard InChI is InChI=1S/C12H18N6.BF4/c1-16(2)9-13-12(17(3)4)18-11-8-6-5-7-10(11)14-15-18;2-1(3,4)5/h5-8H,9H2,1-4H3;/q;-1/p+1. The van der Waals surface area contributed by atoms with Gasteiger partial charge in [0.1, 0.15) is 6.67 Å². The lowest BCUT2D eigenvalue weighted by atomic mass is 10.3. The van der Waals surface area contributed by atoms with Gasteiger partial charge in [-0.2, -0.15) is 0 Å². The monoisotopic (exact) mass is 334 g/mol. The molecule has 1 aromatic heterocycles. The Hall–Kier alpha value is -2.17. The molecule has 128 valence electrons. The summed E-state index contributed by atoms with van der Waals surface area (Å²) in [6.07, 6.45) is 0. The zero-order valence-corrected chi connectivity index (χ0v) is 13.3. The van der Waals surface area contributed by atoms with Crippen LogP contribution in [0.3, 0.4) is 0 Å². The number of hydrogen-bond donors (Lipinski definition) is 1. The summed E-state index contributed by atoms with van der Waals surface area (Å²) in [6, 6.07) is 7.96. The van der Waals surface area contributed by atoms with Crippen molar-refractivity contribution in [2.45, 2.75) is 0 Å². The normalized spacial score (nSPS) is 12.3. The molecule has 0 saturated heterocycles. The first-order valence-electron chi connectivity index (χ1n) is 6.69. The highest BCUT2D eigenvalue weighted by Crippen LogP contribution is 2.06. The Morgan fingerprint density at radius 2 is 1.74 bits per heavy atom. The molecule has 1 aromatic carbocycles. The van der Waals surface area contributed by atoms with Crippen molar-refractivity contribution in [2.24, 2.45) is 4.99 Å². The van der Waals surface area contributed by atoms with E-state index in [0.29, 0.717) is 6.67 Å². The SMILES string of the molecule is CN(C)CN=C(N(C)C)[n+]1[nH]nc2ccccc21.F[B-](F)(F)F. The van der Waals surface area contributed by atoms with Crippen molar-refractivity contribution >= 4 is 24.2 Å². The Morgan fingerprint density at radius 3 is 2.26 bits per heavy atom. The van der Waals surface area contributed by atoms with E-state index in [2.05, 4.69) is 15.3 Å². The van der Waals surface area contributed by atoms with Gasteiger partial charge in [0.2, 0.25) is 0 Å². The molecule has 11 heteroatoms. The number of nitrogens with zero attached hydrogens (tertiary/aromatic N) is 5. The van der Waals surface area contributed by atoms with Crippen LogP contribution in [0.4, 0.5) is 17.3 Å². The Morgan fingerprint density at radius 1 is 1.17 bits per heavy atom. The van der Waals surface area contributed by atoms with Gasteiger partial charge in [-0.3, -0.25) is 9.80 Å². The van der Waals surface area contributed by atoms with E-state index >= 15 is 0 Å². The molecule has 2 rings (SSSR count). The minimum Gasteiger partial charge on any atom is -0.418 e. The molecule has 0 bridgehead atoms. The van der Waals surface area contributed by atoms with Gasteiger partial charge in [0, 0.05) is 14.1 Å². The first-order chi connectivity index (χ1) is 10.6. The Kier molecular flexibility index (Phi) is 6.49. The van der Waals surface area contributed by atoms with Crippen molar-refractivity contribution in [3.05, 3.63) is 24.3 Å². The number of rotatable bonds is 2. The largest absolute Gasteiger partial charge is 0.673 e. The van der Waals surface area contributed by atoms with Crippen LogP contribution in [0.5, 0.6) is 0 Å². The third-order valence-corrected chi connectivity index (χ3v) is 2.49. The molecular weight excluding hydrogens is 315 g/mol. The van der Waals surface area contributed by atoms with Gasteiger partial charge in [-0.05, 0) is 26.2 Å². The van der Waals surface area contributed by atoms with Gasteiger partial charge in [0.15, 0.2) is 11.0 Å². The molecule has 0 saturated carbocycles. The van der Waals surface area contributed by atoms with Crippen LogP contribution in [0.2, 0.25) is 0 Å². The number of aliphatic imine (C=N–C) groups is 1. The number of aromatic nitrogens is 3. The maximum atomic E-state index is 9.75. The van der Waals surface area contributed by atoms with E-state index in [4.69, 9.17) is 0 Å². The van der Waals surface area contributed by atoms with Crippen LogP contribution >= 0.6 is 0 Å². The van der Waals surface area contributed by atoms with E-state index in [0.717, 1.165) is 17.0 Å². The van der Waals surface area contributed by atoms with Crippen molar-refractivity contribution in [3.8, 4) is 0 Å². The second-order valence-corrected chi connectivity index (χ2v) is 5.10. The number of halogens is 4. The lowest BCUT2D eigenvalue weighted by Crippen LogP contribution is -2.53. The number of fused-ring (bicyclic) bond motifs is 1. The molecule has 0 atom stereocenters. The number of H-pyrrole nitrogens is 1. The number of nitrogens with one attached hydrogen (secondary N) is 1. The van der Waals surface area contributed by atoms with Crippen LogP contribution < -0.4 is 4.68 Å². The first-order valence-corrected chi connectivity index (χ1v) is 6.69. The van der Waals surface area contributed by atoms with Crippen molar-refractivity contribution in [1.82, 2.24) is 20.1 Å². The average molecular weight is 334 g/mol. The fraction of sp³-hybridized carbons (Fsp3) is 0.417. The van der Waals surface area contributed by atoms with Crippen LogP contribution in [0.25, 0.3) is 11.0 Å². The summed E-state index contributed by atoms with van der Waals surface area (Å²) in [6.45, 7) is 0.633. The maximum Gasteiger partial charge on any atom is 0.673 e. The summed E-state index contributed by atoms with van der Waals surface area (Å²) < 4.78 is 40.9. The highest BCUT2D eigenvalue weighted by atomic mass is 19.5. The number of hydrogen-bond acceptors (Lipinski definition) is 3. The van der Waals surface area contributed by atoms with E-state index in [1.165, 1.54) is 0 Å². The van der Waals surface area contributed by atoms with Gasteiger partial charge >= 0.3 is 13.2 Å². The van der Waals surface area contributed by atoms with Gasteiger partial charge in [-0.25, -0.2) is 0 Å². The molecule has 0 fully saturated rings. The number of aromatic amines is 1. The molecule has 1 heterocycles. The second-order valence-electron chi connectivity index (χ2n) is 5.10. The van der Waals surface area contributed by atoms with Crippen molar-refractivity contribution in [1.29, 1.82) is 0 Å². The molecule has 0 unspecified atom stereocenters. The topological polar surface area (TPSA) is 51.4 Å². The fourth-order valence-corrected chi connectivity index (χ4v) is 1.67. The van der Waals surface area contributed by atoms with E-state index in [1.54, 1.807) is 0 Å². The summed E-state index contributed by atoms with van der Waals surface area (Å²) in [5.74, 6) is 0.831. The lowest BCUT2D eigenvalue weighted by Gasteiger charge is -2.10. The van der Waals surface area contributed by atoms with Gasteiger partial charge in [0.05, 0.1) is 0 Å². The zero-order chi connectivity index (χ0) is 17.6. The van der Waals surface area contributed by atoms with Crippen LogP contribution in [0, 0.1) is 0 Å². The van der Waals surface area contributed by atoms with Gasteiger partial charge in [-0.15, -0.1) is 14.9 Å². The fourth-order valence-electron chi connectivity index (χ4n) is 1.67. The Labute approximate surface area is 131 Å². The van der Waals surface area contributed by atoms with E-state index < -0.39 is 7.25 Å². The summed E-state index contributed by atoms with van der Waals surface area (Å²) in [4.78, 5) is 8.56. The molecule has 0 aliphatic heterocycles. The summed E-state index contributed by atoms with van der Waals surface area (Å²) in [7, 11) is 1.92. The van der Waals surface area contributed by atoms with Crippen molar-refractivity contribution in [3.63, 3.8) is 0 Å². The van der Waals surface area contributed by atoms with E-state index in [9.17, 15) is 17.3 Å². The highest BCUT2D eigenvalue weighted by Gasteiger charge is 2.20. The maximum absolute atomic E-state index is 9.75. The van der Waals surface area contributed by atoms with Crippen molar-refractivity contribution in [2.75, 3.05) is 34.9 Å². The third kappa shape index (κ3) is 6.64. The van der Waals surface area contributed by atoms with Crippen LogP contribution in [0.15, 0.2) is 29.3 Å². The number of para-hydroxylation sites is 2. The second kappa shape index (κ2) is 7.91. The number of benzene rings is 1. The Balaban J connectivity index is 0.000000463. The highest BCUT2D eigenvalue weighted by molar-refractivity contribution is 6.50. The zero-order valence-electron chi connectivity index (χ0n) is 13.3. The van der Waals surface area contributed by atoms with Crippen LogP contribution in [-0.4, -0.2) is 68.2 Å². The predicted molar refractivity (Wildman–Crippen MR) is 81.5 cm³/mol. The van der Waals surface area contributed by atoms with Gasteiger partial charge < -0.3 is 17.3 Å². The van der Waals surface area contributed by atoms with Crippen molar-refractivity contribution < 1.29 is 21.9 Å². The molecule has 0 radical (unpaired) electrons. The predicted octanol–water partition coefficient (Wildman–Crippen LogP) is 1.44. The molecule has 23 heavy (non-hydrogen) atoms.